The van der Waals surface area contributed by atoms with Gasteiger partial charge in [-0.25, -0.2) is 4.79 Å². The Morgan fingerprint density at radius 1 is 1.18 bits per heavy atom. The fourth-order valence-electron chi connectivity index (χ4n) is 3.65. The summed E-state index contributed by atoms with van der Waals surface area (Å²) in [6.45, 7) is 3.10. The number of amides is 3. The number of likely N-dealkylation sites (tertiary alicyclic amines) is 1. The lowest BCUT2D eigenvalue weighted by molar-refractivity contribution is -0.128. The summed E-state index contributed by atoms with van der Waals surface area (Å²) in [4.78, 5) is 30.8. The predicted molar refractivity (Wildman–Crippen MR) is 121 cm³/mol. The zero-order valence-corrected chi connectivity index (χ0v) is 18.4. The van der Waals surface area contributed by atoms with Gasteiger partial charge in [0.1, 0.15) is 12.4 Å². The van der Waals surface area contributed by atoms with Crippen LogP contribution in [0.15, 0.2) is 65.2 Å². The molecule has 2 N–H and O–H groups in total. The summed E-state index contributed by atoms with van der Waals surface area (Å²) >= 11 is 0. The standard InChI is InChI=1S/C24H27N5O4/c1-17(23-27-21(33-28-23)14-18-8-4-2-5-9-18)25-24(31)26-19-15-22(30)29(16-19)12-13-32-20-10-6-3-7-11-20/h2-11,17,19H,12-16H2,1H3,(H2,25,26,31). The first-order chi connectivity index (χ1) is 16.1. The maximum atomic E-state index is 12.4. The van der Waals surface area contributed by atoms with Crippen molar-refractivity contribution in [3.63, 3.8) is 0 Å². The maximum Gasteiger partial charge on any atom is 0.315 e. The maximum absolute atomic E-state index is 12.4. The van der Waals surface area contributed by atoms with Gasteiger partial charge >= 0.3 is 6.03 Å². The molecule has 2 heterocycles. The minimum absolute atomic E-state index is 0.00580. The first kappa shape index (κ1) is 22.3. The van der Waals surface area contributed by atoms with Crippen molar-refractivity contribution in [2.24, 2.45) is 0 Å². The first-order valence-electron chi connectivity index (χ1n) is 11.0. The van der Waals surface area contributed by atoms with Crippen LogP contribution in [-0.2, 0) is 11.2 Å². The number of aromatic nitrogens is 2. The number of para-hydroxylation sites is 1. The third-order valence-electron chi connectivity index (χ3n) is 5.34. The highest BCUT2D eigenvalue weighted by Crippen LogP contribution is 2.14. The lowest BCUT2D eigenvalue weighted by Crippen LogP contribution is -2.44. The Labute approximate surface area is 192 Å². The first-order valence-corrected chi connectivity index (χ1v) is 11.0. The highest BCUT2D eigenvalue weighted by atomic mass is 16.5. The highest BCUT2D eigenvalue weighted by Gasteiger charge is 2.30. The van der Waals surface area contributed by atoms with Crippen molar-refractivity contribution in [3.05, 3.63) is 77.9 Å². The van der Waals surface area contributed by atoms with Crippen LogP contribution < -0.4 is 15.4 Å². The van der Waals surface area contributed by atoms with E-state index in [1.807, 2.05) is 60.7 Å². The fraction of sp³-hybridized carbons (Fsp3) is 0.333. The molecular weight excluding hydrogens is 422 g/mol. The Balaban J connectivity index is 1.20. The van der Waals surface area contributed by atoms with E-state index in [4.69, 9.17) is 9.26 Å². The Bertz CT molecular complexity index is 1060. The van der Waals surface area contributed by atoms with Crippen molar-refractivity contribution in [3.8, 4) is 5.75 Å². The van der Waals surface area contributed by atoms with Crippen molar-refractivity contribution >= 4 is 11.9 Å². The van der Waals surface area contributed by atoms with Crippen LogP contribution >= 0.6 is 0 Å². The van der Waals surface area contributed by atoms with E-state index in [1.54, 1.807) is 11.8 Å². The number of nitrogens with one attached hydrogen (secondary N) is 2. The van der Waals surface area contributed by atoms with Gasteiger partial charge in [-0.15, -0.1) is 0 Å². The molecule has 1 aliphatic heterocycles. The second-order valence-electron chi connectivity index (χ2n) is 7.95. The number of benzene rings is 2. The Hall–Kier alpha value is -3.88. The Morgan fingerprint density at radius 3 is 2.67 bits per heavy atom. The second kappa shape index (κ2) is 10.6. The van der Waals surface area contributed by atoms with Crippen molar-refractivity contribution in [2.75, 3.05) is 19.7 Å². The lowest BCUT2D eigenvalue weighted by atomic mass is 10.1. The SMILES string of the molecule is CC(NC(=O)NC1CC(=O)N(CCOc2ccccc2)C1)c1noc(Cc2ccccc2)n1. The van der Waals surface area contributed by atoms with E-state index >= 15 is 0 Å². The minimum atomic E-state index is -0.439. The number of rotatable bonds is 9. The third-order valence-corrected chi connectivity index (χ3v) is 5.34. The van der Waals surface area contributed by atoms with Crippen molar-refractivity contribution in [2.45, 2.75) is 31.8 Å². The molecule has 172 valence electrons. The summed E-state index contributed by atoms with van der Waals surface area (Å²) in [6.07, 6.45) is 0.789. The van der Waals surface area contributed by atoms with Gasteiger partial charge in [-0.3, -0.25) is 4.79 Å². The average Bonchev–Trinajstić information content (AvgIpc) is 3.41. The fourth-order valence-corrected chi connectivity index (χ4v) is 3.65. The molecular formula is C24H27N5O4. The van der Waals surface area contributed by atoms with E-state index in [9.17, 15) is 9.59 Å². The molecule has 0 spiro atoms. The zero-order valence-electron chi connectivity index (χ0n) is 18.4. The van der Waals surface area contributed by atoms with E-state index in [0.29, 0.717) is 37.8 Å². The summed E-state index contributed by atoms with van der Waals surface area (Å²) in [7, 11) is 0. The molecule has 33 heavy (non-hydrogen) atoms. The van der Waals surface area contributed by atoms with Crippen molar-refractivity contribution in [1.82, 2.24) is 25.7 Å². The molecule has 2 unspecified atom stereocenters. The van der Waals surface area contributed by atoms with Gasteiger partial charge in [0.2, 0.25) is 11.8 Å². The normalized spacial score (nSPS) is 16.5. The topological polar surface area (TPSA) is 110 Å². The number of ether oxygens (including phenoxy) is 1. The molecule has 0 aliphatic carbocycles. The van der Waals surface area contributed by atoms with Crippen LogP contribution in [0.3, 0.4) is 0 Å². The summed E-state index contributed by atoms with van der Waals surface area (Å²) in [6, 6.07) is 18.2. The number of urea groups is 1. The van der Waals surface area contributed by atoms with Gasteiger partial charge in [-0.2, -0.15) is 4.98 Å². The third kappa shape index (κ3) is 6.31. The largest absolute Gasteiger partial charge is 0.492 e. The summed E-state index contributed by atoms with van der Waals surface area (Å²) < 4.78 is 11.0. The molecule has 1 saturated heterocycles. The van der Waals surface area contributed by atoms with Crippen LogP contribution in [0.4, 0.5) is 4.79 Å². The van der Waals surface area contributed by atoms with Crippen LogP contribution in [0.1, 0.15) is 36.7 Å². The quantitative estimate of drug-likeness (QED) is 0.520. The van der Waals surface area contributed by atoms with E-state index in [0.717, 1.165) is 11.3 Å². The summed E-state index contributed by atoms with van der Waals surface area (Å²) in [5, 5.41) is 9.64. The summed E-state index contributed by atoms with van der Waals surface area (Å²) in [5.74, 6) is 1.65. The number of hydrogen-bond donors (Lipinski definition) is 2. The van der Waals surface area contributed by atoms with Crippen LogP contribution in [0.25, 0.3) is 0 Å². The van der Waals surface area contributed by atoms with Gasteiger partial charge in [0.25, 0.3) is 0 Å². The number of carbonyl (C=O) groups is 2. The highest BCUT2D eigenvalue weighted by molar-refractivity contribution is 5.81. The van der Waals surface area contributed by atoms with Gasteiger partial charge < -0.3 is 24.8 Å². The van der Waals surface area contributed by atoms with E-state index in [-0.39, 0.29) is 24.4 Å². The molecule has 1 aliphatic rings. The van der Waals surface area contributed by atoms with Gasteiger partial charge in [0.15, 0.2) is 5.82 Å². The molecule has 2 aromatic carbocycles. The smallest absolute Gasteiger partial charge is 0.315 e. The Morgan fingerprint density at radius 2 is 1.91 bits per heavy atom. The molecule has 0 radical (unpaired) electrons. The number of hydrogen-bond acceptors (Lipinski definition) is 6. The molecule has 1 aromatic heterocycles. The molecule has 9 heteroatoms. The molecule has 0 saturated carbocycles. The molecule has 2 atom stereocenters. The van der Waals surface area contributed by atoms with E-state index < -0.39 is 6.04 Å². The van der Waals surface area contributed by atoms with Crippen LogP contribution in [0.5, 0.6) is 5.75 Å². The van der Waals surface area contributed by atoms with Gasteiger partial charge in [0.05, 0.1) is 25.0 Å². The molecule has 3 aromatic rings. The van der Waals surface area contributed by atoms with Gasteiger partial charge in [-0.05, 0) is 24.6 Å². The second-order valence-corrected chi connectivity index (χ2v) is 7.95. The average molecular weight is 450 g/mol. The lowest BCUT2D eigenvalue weighted by Gasteiger charge is -2.18. The van der Waals surface area contributed by atoms with Crippen LogP contribution in [0, 0.1) is 0 Å². The number of carbonyl (C=O) groups excluding carboxylic acids is 2. The van der Waals surface area contributed by atoms with Gasteiger partial charge in [0, 0.05) is 13.0 Å². The van der Waals surface area contributed by atoms with Crippen molar-refractivity contribution in [1.29, 1.82) is 0 Å². The predicted octanol–water partition coefficient (Wildman–Crippen LogP) is 2.70. The molecule has 1 fully saturated rings. The zero-order chi connectivity index (χ0) is 23.0. The van der Waals surface area contributed by atoms with Gasteiger partial charge in [-0.1, -0.05) is 53.7 Å². The Kier molecular flexibility index (Phi) is 7.19. The van der Waals surface area contributed by atoms with Crippen molar-refractivity contribution < 1.29 is 18.8 Å². The monoisotopic (exact) mass is 449 g/mol. The van der Waals surface area contributed by atoms with E-state index in [1.165, 1.54) is 0 Å². The molecule has 0 bridgehead atoms. The molecule has 4 rings (SSSR count). The summed E-state index contributed by atoms with van der Waals surface area (Å²) in [5.41, 5.74) is 1.07. The van der Waals surface area contributed by atoms with Crippen LogP contribution in [-0.4, -0.2) is 52.7 Å². The minimum Gasteiger partial charge on any atom is -0.492 e. The molecule has 9 nitrogen and oxygen atoms in total. The number of nitrogens with zero attached hydrogens (tertiary/aromatic N) is 3. The molecule has 3 amide bonds. The van der Waals surface area contributed by atoms with E-state index in [2.05, 4.69) is 20.8 Å². The van der Waals surface area contributed by atoms with Crippen LogP contribution in [0.2, 0.25) is 0 Å².